The molecule has 2 N–H and O–H groups in total. The molecular formula is C15H13BrN2O. The highest BCUT2D eigenvalue weighted by Crippen LogP contribution is 2.29. The van der Waals surface area contributed by atoms with Crippen LogP contribution in [0.2, 0.25) is 0 Å². The number of rotatable bonds is 4. The molecule has 0 saturated heterocycles. The van der Waals surface area contributed by atoms with Crippen molar-refractivity contribution in [3.63, 3.8) is 0 Å². The van der Waals surface area contributed by atoms with E-state index in [4.69, 9.17) is 15.7 Å². The van der Waals surface area contributed by atoms with Gasteiger partial charge in [0.05, 0.1) is 16.1 Å². The number of hydrogen-bond donors (Lipinski definition) is 1. The summed E-state index contributed by atoms with van der Waals surface area (Å²) in [6.45, 7) is 0.758. The largest absolute Gasteiger partial charge is 0.487 e. The van der Waals surface area contributed by atoms with Gasteiger partial charge in [0, 0.05) is 17.7 Å². The predicted octanol–water partition coefficient (Wildman–Crippen LogP) is 3.36. The number of halogens is 1. The standard InChI is InChI=1S/C15H13BrN2O/c16-14-7-3-6-12(9-18)15(14)19-10-13-5-2-1-4-11(13)8-17/h1-7H,9-10,18H2. The maximum absolute atomic E-state index is 9.04. The smallest absolute Gasteiger partial charge is 0.138 e. The van der Waals surface area contributed by atoms with Gasteiger partial charge in [0.2, 0.25) is 0 Å². The Labute approximate surface area is 120 Å². The lowest BCUT2D eigenvalue weighted by molar-refractivity contribution is 0.300. The minimum atomic E-state index is 0.347. The number of ether oxygens (including phenoxy) is 1. The molecule has 2 rings (SSSR count). The maximum Gasteiger partial charge on any atom is 0.138 e. The van der Waals surface area contributed by atoms with E-state index in [0.717, 1.165) is 21.3 Å². The van der Waals surface area contributed by atoms with Crippen LogP contribution in [0.25, 0.3) is 0 Å². The lowest BCUT2D eigenvalue weighted by Gasteiger charge is -2.12. The molecule has 19 heavy (non-hydrogen) atoms. The molecular weight excluding hydrogens is 304 g/mol. The van der Waals surface area contributed by atoms with Crippen LogP contribution in [-0.2, 0) is 13.2 Å². The second-order valence-corrected chi connectivity index (χ2v) is 4.84. The van der Waals surface area contributed by atoms with Crippen molar-refractivity contribution >= 4 is 15.9 Å². The molecule has 2 aromatic rings. The quantitative estimate of drug-likeness (QED) is 0.940. The summed E-state index contributed by atoms with van der Waals surface area (Å²) in [5.74, 6) is 0.734. The van der Waals surface area contributed by atoms with Gasteiger partial charge in [-0.05, 0) is 28.1 Å². The minimum Gasteiger partial charge on any atom is -0.487 e. The van der Waals surface area contributed by atoms with Crippen LogP contribution in [-0.4, -0.2) is 0 Å². The molecule has 0 heterocycles. The zero-order chi connectivity index (χ0) is 13.7. The van der Waals surface area contributed by atoms with Crippen LogP contribution in [0.15, 0.2) is 46.9 Å². The molecule has 0 amide bonds. The van der Waals surface area contributed by atoms with E-state index < -0.39 is 0 Å². The first-order chi connectivity index (χ1) is 9.26. The molecule has 0 aliphatic rings. The van der Waals surface area contributed by atoms with E-state index >= 15 is 0 Å². The van der Waals surface area contributed by atoms with E-state index in [9.17, 15) is 0 Å². The van der Waals surface area contributed by atoms with Gasteiger partial charge in [-0.2, -0.15) is 5.26 Å². The van der Waals surface area contributed by atoms with E-state index in [1.54, 1.807) is 6.07 Å². The summed E-state index contributed by atoms with van der Waals surface area (Å²) < 4.78 is 6.68. The molecule has 0 spiro atoms. The number of benzene rings is 2. The second-order valence-electron chi connectivity index (χ2n) is 3.99. The van der Waals surface area contributed by atoms with Gasteiger partial charge in [0.25, 0.3) is 0 Å². The second kappa shape index (κ2) is 6.37. The summed E-state index contributed by atoms with van der Waals surface area (Å²) in [6.07, 6.45) is 0. The van der Waals surface area contributed by atoms with Crippen molar-refractivity contribution in [3.8, 4) is 11.8 Å². The SMILES string of the molecule is N#Cc1ccccc1COc1c(Br)cccc1CN. The molecule has 0 saturated carbocycles. The van der Waals surface area contributed by atoms with Gasteiger partial charge < -0.3 is 10.5 Å². The van der Waals surface area contributed by atoms with Crippen LogP contribution < -0.4 is 10.5 Å². The average Bonchev–Trinajstić information content (AvgIpc) is 2.46. The molecule has 0 fully saturated rings. The third-order valence-electron chi connectivity index (χ3n) is 2.78. The fraction of sp³-hybridized carbons (Fsp3) is 0.133. The summed E-state index contributed by atoms with van der Waals surface area (Å²) in [7, 11) is 0. The third-order valence-corrected chi connectivity index (χ3v) is 3.40. The van der Waals surface area contributed by atoms with Gasteiger partial charge in [0.15, 0.2) is 0 Å². The summed E-state index contributed by atoms with van der Waals surface area (Å²) in [5.41, 5.74) is 8.12. The first-order valence-corrected chi connectivity index (χ1v) is 6.64. The molecule has 0 aromatic heterocycles. The van der Waals surface area contributed by atoms with E-state index in [1.807, 2.05) is 36.4 Å². The number of nitrogens with zero attached hydrogens (tertiary/aromatic N) is 1. The lowest BCUT2D eigenvalue weighted by atomic mass is 10.1. The molecule has 0 unspecified atom stereocenters. The van der Waals surface area contributed by atoms with Crippen LogP contribution in [0.3, 0.4) is 0 Å². The molecule has 0 atom stereocenters. The Bertz CT molecular complexity index is 620. The molecule has 0 aliphatic heterocycles. The summed E-state index contributed by atoms with van der Waals surface area (Å²) in [4.78, 5) is 0. The minimum absolute atomic E-state index is 0.347. The zero-order valence-corrected chi connectivity index (χ0v) is 11.9. The molecule has 0 bridgehead atoms. The Morgan fingerprint density at radius 1 is 1.11 bits per heavy atom. The van der Waals surface area contributed by atoms with Gasteiger partial charge >= 0.3 is 0 Å². The van der Waals surface area contributed by atoms with Gasteiger partial charge in [-0.15, -0.1) is 0 Å². The number of para-hydroxylation sites is 1. The summed E-state index contributed by atoms with van der Waals surface area (Å²) >= 11 is 3.45. The normalized spacial score (nSPS) is 9.95. The highest BCUT2D eigenvalue weighted by atomic mass is 79.9. The molecule has 0 aliphatic carbocycles. The van der Waals surface area contributed by atoms with Gasteiger partial charge in [-0.25, -0.2) is 0 Å². The van der Waals surface area contributed by atoms with Gasteiger partial charge in [-0.3, -0.25) is 0 Å². The Kier molecular flexibility index (Phi) is 4.56. The molecule has 0 radical (unpaired) electrons. The lowest BCUT2D eigenvalue weighted by Crippen LogP contribution is -2.04. The van der Waals surface area contributed by atoms with Crippen molar-refractivity contribution in [2.75, 3.05) is 0 Å². The van der Waals surface area contributed by atoms with Crippen LogP contribution in [0.1, 0.15) is 16.7 Å². The van der Waals surface area contributed by atoms with Crippen molar-refractivity contribution in [1.82, 2.24) is 0 Å². The Hall–Kier alpha value is -1.83. The van der Waals surface area contributed by atoms with E-state index in [-0.39, 0.29) is 0 Å². The van der Waals surface area contributed by atoms with Gasteiger partial charge in [-0.1, -0.05) is 30.3 Å². The van der Waals surface area contributed by atoms with Crippen molar-refractivity contribution in [2.24, 2.45) is 5.73 Å². The van der Waals surface area contributed by atoms with Gasteiger partial charge in [0.1, 0.15) is 12.4 Å². The topological polar surface area (TPSA) is 59.0 Å². The molecule has 96 valence electrons. The van der Waals surface area contributed by atoms with Crippen LogP contribution >= 0.6 is 15.9 Å². The molecule has 3 nitrogen and oxygen atoms in total. The number of nitriles is 1. The highest BCUT2D eigenvalue weighted by Gasteiger charge is 2.08. The van der Waals surface area contributed by atoms with Crippen molar-refractivity contribution in [3.05, 3.63) is 63.6 Å². The summed E-state index contributed by atoms with van der Waals surface area (Å²) in [6, 6.07) is 15.3. The van der Waals surface area contributed by atoms with Crippen LogP contribution in [0, 0.1) is 11.3 Å². The van der Waals surface area contributed by atoms with E-state index in [2.05, 4.69) is 22.0 Å². The van der Waals surface area contributed by atoms with Crippen LogP contribution in [0.4, 0.5) is 0 Å². The van der Waals surface area contributed by atoms with Crippen molar-refractivity contribution < 1.29 is 4.74 Å². The fourth-order valence-corrected chi connectivity index (χ4v) is 2.30. The average molecular weight is 317 g/mol. The fourth-order valence-electron chi connectivity index (χ4n) is 1.78. The first kappa shape index (κ1) is 13.6. The number of nitrogens with two attached hydrogens (primary N) is 1. The highest BCUT2D eigenvalue weighted by molar-refractivity contribution is 9.10. The summed E-state index contributed by atoms with van der Waals surface area (Å²) in [5, 5.41) is 9.04. The Balaban J connectivity index is 2.22. The molecule has 4 heteroatoms. The third kappa shape index (κ3) is 3.14. The van der Waals surface area contributed by atoms with Crippen molar-refractivity contribution in [2.45, 2.75) is 13.2 Å². The zero-order valence-electron chi connectivity index (χ0n) is 10.3. The van der Waals surface area contributed by atoms with E-state index in [1.165, 1.54) is 0 Å². The predicted molar refractivity (Wildman–Crippen MR) is 77.5 cm³/mol. The van der Waals surface area contributed by atoms with Crippen molar-refractivity contribution in [1.29, 1.82) is 5.26 Å². The maximum atomic E-state index is 9.04. The Morgan fingerprint density at radius 3 is 2.58 bits per heavy atom. The van der Waals surface area contributed by atoms with Crippen LogP contribution in [0.5, 0.6) is 5.75 Å². The number of hydrogen-bond acceptors (Lipinski definition) is 3. The first-order valence-electron chi connectivity index (χ1n) is 5.84. The molecule has 2 aromatic carbocycles. The Morgan fingerprint density at radius 2 is 1.84 bits per heavy atom. The van der Waals surface area contributed by atoms with E-state index in [0.29, 0.717) is 18.7 Å². The monoisotopic (exact) mass is 316 g/mol.